The first-order chi connectivity index (χ1) is 9.96. The third-order valence-corrected chi connectivity index (χ3v) is 6.27. The Morgan fingerprint density at radius 3 is 2.57 bits per heavy atom. The van der Waals surface area contributed by atoms with Crippen LogP contribution in [0.15, 0.2) is 30.3 Å². The molecule has 0 radical (unpaired) electrons. The van der Waals surface area contributed by atoms with Gasteiger partial charge in [-0.05, 0) is 53.3 Å². The molecule has 1 saturated carbocycles. The quantitative estimate of drug-likeness (QED) is 0.788. The molecule has 0 bridgehead atoms. The molecule has 2 aliphatic carbocycles. The highest BCUT2D eigenvalue weighted by Gasteiger charge is 2.57. The van der Waals surface area contributed by atoms with E-state index in [2.05, 4.69) is 26.0 Å². The summed E-state index contributed by atoms with van der Waals surface area (Å²) in [6, 6.07) is 9.89. The zero-order valence-electron chi connectivity index (χ0n) is 12.6. The molecule has 0 unspecified atom stereocenters. The minimum atomic E-state index is -0.204. The minimum absolute atomic E-state index is 0.0380. The van der Waals surface area contributed by atoms with E-state index in [1.54, 1.807) is 6.07 Å². The molecule has 4 rings (SSSR count). The smallest absolute Gasteiger partial charge is 0.139 e. The van der Waals surface area contributed by atoms with Crippen LogP contribution in [-0.2, 0) is 16.6 Å². The van der Waals surface area contributed by atoms with Gasteiger partial charge >= 0.3 is 0 Å². The Bertz CT molecular complexity index is 776. The van der Waals surface area contributed by atoms with Crippen LogP contribution in [0.25, 0.3) is 10.8 Å². The van der Waals surface area contributed by atoms with Gasteiger partial charge < -0.3 is 5.11 Å². The van der Waals surface area contributed by atoms with Crippen molar-refractivity contribution < 1.29 is 9.90 Å². The summed E-state index contributed by atoms with van der Waals surface area (Å²) in [7, 11) is 0. The Kier molecular flexibility index (Phi) is 2.38. The molecule has 2 aromatic rings. The van der Waals surface area contributed by atoms with Gasteiger partial charge in [-0.2, -0.15) is 0 Å². The molecule has 0 heterocycles. The zero-order valence-corrected chi connectivity index (χ0v) is 12.6. The first-order valence-corrected chi connectivity index (χ1v) is 7.74. The van der Waals surface area contributed by atoms with Gasteiger partial charge in [0.1, 0.15) is 11.5 Å². The first-order valence-electron chi connectivity index (χ1n) is 7.74. The molecule has 0 spiro atoms. The summed E-state index contributed by atoms with van der Waals surface area (Å²) in [5.41, 5.74) is 2.48. The summed E-state index contributed by atoms with van der Waals surface area (Å²) in [5, 5.41) is 12.0. The van der Waals surface area contributed by atoms with E-state index in [1.807, 2.05) is 12.1 Å². The van der Waals surface area contributed by atoms with Crippen molar-refractivity contribution in [2.75, 3.05) is 0 Å². The highest BCUT2D eigenvalue weighted by atomic mass is 16.3. The third kappa shape index (κ3) is 1.45. The number of ketones is 1. The SMILES string of the molecule is C[C@@]12CCC(=O)[C@@]1(C)CCc1c2ccc2cc(O)ccc12. The summed E-state index contributed by atoms with van der Waals surface area (Å²) in [6.45, 7) is 4.43. The van der Waals surface area contributed by atoms with Crippen molar-refractivity contribution in [2.24, 2.45) is 5.41 Å². The number of aromatic hydroxyl groups is 1. The number of Topliss-reactive ketones (excluding diaryl/α,β-unsaturated/α-hetero) is 1. The van der Waals surface area contributed by atoms with Crippen LogP contribution in [0.4, 0.5) is 0 Å². The average molecular weight is 280 g/mol. The minimum Gasteiger partial charge on any atom is -0.508 e. The number of hydrogen-bond acceptors (Lipinski definition) is 2. The maximum Gasteiger partial charge on any atom is 0.139 e. The lowest BCUT2D eigenvalue weighted by atomic mass is 9.57. The van der Waals surface area contributed by atoms with Crippen molar-refractivity contribution >= 4 is 16.6 Å². The first kappa shape index (κ1) is 12.9. The van der Waals surface area contributed by atoms with E-state index in [4.69, 9.17) is 0 Å². The maximum atomic E-state index is 12.4. The van der Waals surface area contributed by atoms with Crippen LogP contribution >= 0.6 is 0 Å². The zero-order chi connectivity index (χ0) is 14.8. The summed E-state index contributed by atoms with van der Waals surface area (Å²) in [5.74, 6) is 0.742. The van der Waals surface area contributed by atoms with E-state index in [0.717, 1.165) is 24.6 Å². The third-order valence-electron chi connectivity index (χ3n) is 6.27. The molecule has 0 aliphatic heterocycles. The topological polar surface area (TPSA) is 37.3 Å². The van der Waals surface area contributed by atoms with Crippen LogP contribution in [0.3, 0.4) is 0 Å². The second-order valence-corrected chi connectivity index (χ2v) is 7.08. The largest absolute Gasteiger partial charge is 0.508 e. The molecule has 2 atom stereocenters. The van der Waals surface area contributed by atoms with E-state index in [9.17, 15) is 9.90 Å². The average Bonchev–Trinajstić information content (AvgIpc) is 2.71. The number of phenols is 1. The van der Waals surface area contributed by atoms with Gasteiger partial charge in [-0.25, -0.2) is 0 Å². The standard InChI is InChI=1S/C19H20O2/c1-18-10-8-17(21)19(18,2)9-7-15-14-5-4-13(20)11-12(14)3-6-16(15)18/h3-6,11,20H,7-10H2,1-2H3/t18-,19+/m0/s1. The second-order valence-electron chi connectivity index (χ2n) is 7.08. The van der Waals surface area contributed by atoms with Gasteiger partial charge in [0.15, 0.2) is 0 Å². The predicted octanol–water partition coefficient (Wildman–Crippen LogP) is 4.12. The molecule has 2 aliphatic rings. The molecule has 108 valence electrons. The normalized spacial score (nSPS) is 31.2. The molecule has 2 heteroatoms. The fourth-order valence-electron chi connectivity index (χ4n) is 4.61. The maximum absolute atomic E-state index is 12.4. The fraction of sp³-hybridized carbons (Fsp3) is 0.421. The summed E-state index contributed by atoms with van der Waals surface area (Å²) in [6.07, 6.45) is 3.56. The number of aryl methyl sites for hydroxylation is 1. The molecule has 0 amide bonds. The lowest BCUT2D eigenvalue weighted by molar-refractivity contribution is -0.127. The molecule has 2 aromatic carbocycles. The summed E-state index contributed by atoms with van der Waals surface area (Å²) < 4.78 is 0. The number of phenolic OH excluding ortho intramolecular Hbond substituents is 1. The number of fused-ring (bicyclic) bond motifs is 5. The predicted molar refractivity (Wildman–Crippen MR) is 83.6 cm³/mol. The Labute approximate surface area is 124 Å². The Hall–Kier alpha value is -1.83. The van der Waals surface area contributed by atoms with Crippen molar-refractivity contribution in [3.05, 3.63) is 41.5 Å². The number of benzene rings is 2. The Morgan fingerprint density at radius 1 is 1.00 bits per heavy atom. The van der Waals surface area contributed by atoms with Gasteiger partial charge in [-0.15, -0.1) is 0 Å². The Balaban J connectivity index is 2.01. The monoisotopic (exact) mass is 280 g/mol. The van der Waals surface area contributed by atoms with E-state index in [1.165, 1.54) is 16.5 Å². The van der Waals surface area contributed by atoms with Crippen molar-refractivity contribution in [2.45, 2.75) is 44.9 Å². The van der Waals surface area contributed by atoms with Crippen molar-refractivity contribution in [1.82, 2.24) is 0 Å². The molecule has 0 aromatic heterocycles. The van der Waals surface area contributed by atoms with Gasteiger partial charge in [0, 0.05) is 17.3 Å². The number of carbonyl (C=O) groups is 1. The van der Waals surface area contributed by atoms with Crippen molar-refractivity contribution in [3.8, 4) is 5.75 Å². The Morgan fingerprint density at radius 2 is 1.76 bits per heavy atom. The summed E-state index contributed by atoms with van der Waals surface area (Å²) in [4.78, 5) is 12.4. The van der Waals surface area contributed by atoms with Crippen LogP contribution in [0, 0.1) is 5.41 Å². The van der Waals surface area contributed by atoms with Crippen LogP contribution in [0.5, 0.6) is 5.75 Å². The highest BCUT2D eigenvalue weighted by molar-refractivity contribution is 5.93. The van der Waals surface area contributed by atoms with Gasteiger partial charge in [-0.3, -0.25) is 4.79 Å². The molecule has 1 fully saturated rings. The molecular weight excluding hydrogens is 260 g/mol. The number of hydrogen-bond donors (Lipinski definition) is 1. The molecule has 0 saturated heterocycles. The van der Waals surface area contributed by atoms with Gasteiger partial charge in [0.2, 0.25) is 0 Å². The van der Waals surface area contributed by atoms with Crippen LogP contribution < -0.4 is 0 Å². The van der Waals surface area contributed by atoms with Gasteiger partial charge in [0.05, 0.1) is 0 Å². The lowest BCUT2D eigenvalue weighted by Crippen LogP contribution is -2.44. The molecule has 1 N–H and O–H groups in total. The molecular formula is C19H20O2. The lowest BCUT2D eigenvalue weighted by Gasteiger charge is -2.45. The second kappa shape index (κ2) is 3.88. The number of carbonyl (C=O) groups excluding carboxylic acids is 1. The van der Waals surface area contributed by atoms with Crippen molar-refractivity contribution in [3.63, 3.8) is 0 Å². The van der Waals surface area contributed by atoms with Gasteiger partial charge in [0.25, 0.3) is 0 Å². The van der Waals surface area contributed by atoms with E-state index >= 15 is 0 Å². The van der Waals surface area contributed by atoms with Crippen molar-refractivity contribution in [1.29, 1.82) is 0 Å². The fourth-order valence-corrected chi connectivity index (χ4v) is 4.61. The molecule has 21 heavy (non-hydrogen) atoms. The highest BCUT2D eigenvalue weighted by Crippen LogP contribution is 2.58. The summed E-state index contributed by atoms with van der Waals surface area (Å²) >= 11 is 0. The van der Waals surface area contributed by atoms with E-state index in [-0.39, 0.29) is 10.8 Å². The molecule has 2 nitrogen and oxygen atoms in total. The van der Waals surface area contributed by atoms with Gasteiger partial charge in [-0.1, -0.05) is 32.0 Å². The van der Waals surface area contributed by atoms with E-state index in [0.29, 0.717) is 18.0 Å². The van der Waals surface area contributed by atoms with E-state index < -0.39 is 0 Å². The number of rotatable bonds is 0. The van der Waals surface area contributed by atoms with Crippen LogP contribution in [0.1, 0.15) is 44.2 Å². The van der Waals surface area contributed by atoms with Crippen LogP contribution in [-0.4, -0.2) is 10.9 Å². The van der Waals surface area contributed by atoms with Crippen LogP contribution in [0.2, 0.25) is 0 Å².